The molecule has 1 amide bonds. The van der Waals surface area contributed by atoms with Crippen molar-refractivity contribution < 1.29 is 9.53 Å². The van der Waals surface area contributed by atoms with Crippen LogP contribution in [0.5, 0.6) is 5.75 Å². The molecule has 1 aromatic heterocycles. The second-order valence-corrected chi connectivity index (χ2v) is 8.50. The molecule has 0 unspecified atom stereocenters. The molecule has 5 nitrogen and oxygen atoms in total. The van der Waals surface area contributed by atoms with Crippen LogP contribution in [0.1, 0.15) is 23.2 Å². The first-order valence-electron chi connectivity index (χ1n) is 9.88. The van der Waals surface area contributed by atoms with Crippen LogP contribution in [0.4, 0.5) is 5.69 Å². The summed E-state index contributed by atoms with van der Waals surface area (Å²) in [5, 5.41) is 14.1. The van der Waals surface area contributed by atoms with Gasteiger partial charge in [0.25, 0.3) is 0 Å². The van der Waals surface area contributed by atoms with Crippen LogP contribution in [0.15, 0.2) is 53.6 Å². The molecule has 0 saturated heterocycles. The second-order valence-electron chi connectivity index (χ2n) is 7.10. The summed E-state index contributed by atoms with van der Waals surface area (Å²) in [5.41, 5.74) is 5.12. The molecule has 7 heteroatoms. The van der Waals surface area contributed by atoms with Gasteiger partial charge in [-0.15, -0.1) is 0 Å². The zero-order valence-corrected chi connectivity index (χ0v) is 18.5. The van der Waals surface area contributed by atoms with Crippen LogP contribution in [-0.4, -0.2) is 23.8 Å². The normalized spacial score (nSPS) is 12.2. The van der Waals surface area contributed by atoms with E-state index in [2.05, 4.69) is 11.4 Å². The summed E-state index contributed by atoms with van der Waals surface area (Å²) in [6, 6.07) is 17.1. The van der Waals surface area contributed by atoms with Crippen molar-refractivity contribution in [1.29, 1.82) is 5.26 Å². The topological polar surface area (TPSA) is 75.0 Å². The molecule has 1 aliphatic carbocycles. The van der Waals surface area contributed by atoms with Crippen LogP contribution in [-0.2, 0) is 17.6 Å². The number of aryl methyl sites for hydroxylation is 1. The molecular weight excluding hydrogens is 430 g/mol. The van der Waals surface area contributed by atoms with Gasteiger partial charge in [-0.3, -0.25) is 4.79 Å². The quantitative estimate of drug-likeness (QED) is 0.503. The van der Waals surface area contributed by atoms with Crippen LogP contribution in [0, 0.1) is 11.3 Å². The summed E-state index contributed by atoms with van der Waals surface area (Å²) in [5.74, 6) is 0.548. The first kappa shape index (κ1) is 21.2. The third-order valence-electron chi connectivity index (χ3n) is 5.16. The van der Waals surface area contributed by atoms with Gasteiger partial charge in [-0.05, 0) is 54.7 Å². The third-order valence-corrected chi connectivity index (χ3v) is 6.38. The number of hydrogen-bond acceptors (Lipinski definition) is 5. The summed E-state index contributed by atoms with van der Waals surface area (Å²) >= 11 is 7.34. The number of nitriles is 1. The van der Waals surface area contributed by atoms with Gasteiger partial charge >= 0.3 is 0 Å². The monoisotopic (exact) mass is 449 g/mol. The number of thioether (sulfide) groups is 1. The van der Waals surface area contributed by atoms with E-state index in [9.17, 15) is 10.1 Å². The lowest BCUT2D eigenvalue weighted by Gasteiger charge is -2.15. The Morgan fingerprint density at radius 2 is 2.00 bits per heavy atom. The predicted molar refractivity (Wildman–Crippen MR) is 124 cm³/mol. The van der Waals surface area contributed by atoms with Crippen molar-refractivity contribution in [3.05, 3.63) is 70.4 Å². The van der Waals surface area contributed by atoms with Crippen molar-refractivity contribution >= 4 is 35.0 Å². The van der Waals surface area contributed by atoms with E-state index in [-0.39, 0.29) is 11.7 Å². The zero-order valence-electron chi connectivity index (χ0n) is 16.9. The Labute approximate surface area is 190 Å². The number of anilines is 1. The standard InChI is InChI=1S/C24H20ClN3O2S/c1-30-21-8-3-2-6-20(21)27-22(29)14-31-24-18(13-26)23(15-9-11-16(25)12-10-15)17-5-4-7-19(17)28-24/h2-3,6,8-12H,4-5,7,14H2,1H3,(H,27,29). The summed E-state index contributed by atoms with van der Waals surface area (Å²) in [7, 11) is 1.56. The van der Waals surface area contributed by atoms with E-state index < -0.39 is 0 Å². The van der Waals surface area contributed by atoms with Crippen LogP contribution < -0.4 is 10.1 Å². The van der Waals surface area contributed by atoms with Crippen molar-refractivity contribution in [2.45, 2.75) is 24.3 Å². The minimum Gasteiger partial charge on any atom is -0.495 e. The number of nitrogens with zero attached hydrogens (tertiary/aromatic N) is 2. The van der Waals surface area contributed by atoms with Crippen LogP contribution in [0.3, 0.4) is 0 Å². The van der Waals surface area contributed by atoms with Gasteiger partial charge in [0.2, 0.25) is 5.91 Å². The number of fused-ring (bicyclic) bond motifs is 1. The lowest BCUT2D eigenvalue weighted by atomic mass is 9.95. The molecule has 1 heterocycles. The number of nitrogens with one attached hydrogen (secondary N) is 1. The second kappa shape index (κ2) is 9.42. The molecule has 4 rings (SSSR count). The average molecular weight is 450 g/mol. The number of hydrogen-bond donors (Lipinski definition) is 1. The maximum absolute atomic E-state index is 12.6. The van der Waals surface area contributed by atoms with E-state index in [0.29, 0.717) is 27.0 Å². The number of carbonyl (C=O) groups is 1. The largest absolute Gasteiger partial charge is 0.495 e. The van der Waals surface area contributed by atoms with E-state index in [1.165, 1.54) is 11.8 Å². The maximum Gasteiger partial charge on any atom is 0.234 e. The predicted octanol–water partition coefficient (Wildman–Crippen LogP) is 5.50. The highest BCUT2D eigenvalue weighted by molar-refractivity contribution is 8.00. The molecule has 0 fully saturated rings. The molecule has 3 aromatic rings. The zero-order chi connectivity index (χ0) is 21.8. The molecule has 1 aliphatic rings. The summed E-state index contributed by atoms with van der Waals surface area (Å²) in [4.78, 5) is 17.3. The summed E-state index contributed by atoms with van der Waals surface area (Å²) in [6.45, 7) is 0. The van der Waals surface area contributed by atoms with Gasteiger partial charge in [-0.2, -0.15) is 5.26 Å². The van der Waals surface area contributed by atoms with Gasteiger partial charge in [0.1, 0.15) is 16.8 Å². The molecule has 0 bridgehead atoms. The number of benzene rings is 2. The Morgan fingerprint density at radius 3 is 2.74 bits per heavy atom. The lowest BCUT2D eigenvalue weighted by molar-refractivity contribution is -0.113. The fraction of sp³-hybridized carbons (Fsp3) is 0.208. The molecule has 1 N–H and O–H groups in total. The highest BCUT2D eigenvalue weighted by Crippen LogP contribution is 2.38. The van der Waals surface area contributed by atoms with Gasteiger partial charge in [0, 0.05) is 16.3 Å². The summed E-state index contributed by atoms with van der Waals surface area (Å²) in [6.07, 6.45) is 2.78. The van der Waals surface area contributed by atoms with E-state index in [1.54, 1.807) is 19.2 Å². The molecule has 0 radical (unpaired) electrons. The Morgan fingerprint density at radius 1 is 1.23 bits per heavy atom. The van der Waals surface area contributed by atoms with Gasteiger partial charge in [0.05, 0.1) is 24.1 Å². The number of methoxy groups -OCH3 is 1. The molecular formula is C24H20ClN3O2S. The van der Waals surface area contributed by atoms with Crippen LogP contribution >= 0.6 is 23.4 Å². The molecule has 0 saturated carbocycles. The Hall–Kier alpha value is -3.01. The van der Waals surface area contributed by atoms with Crippen molar-refractivity contribution in [2.24, 2.45) is 0 Å². The van der Waals surface area contributed by atoms with Crippen molar-refractivity contribution in [3.63, 3.8) is 0 Å². The van der Waals surface area contributed by atoms with E-state index in [0.717, 1.165) is 41.6 Å². The van der Waals surface area contributed by atoms with Crippen molar-refractivity contribution in [3.8, 4) is 22.9 Å². The highest BCUT2D eigenvalue weighted by Gasteiger charge is 2.24. The number of amides is 1. The van der Waals surface area contributed by atoms with Crippen LogP contribution in [0.25, 0.3) is 11.1 Å². The molecule has 0 atom stereocenters. The number of halogens is 1. The van der Waals surface area contributed by atoms with Gasteiger partial charge in [-0.1, -0.05) is 47.6 Å². The minimum absolute atomic E-state index is 0.137. The van der Waals surface area contributed by atoms with E-state index >= 15 is 0 Å². The SMILES string of the molecule is COc1ccccc1NC(=O)CSc1nc2c(c(-c3ccc(Cl)cc3)c1C#N)CCC2. The number of pyridine rings is 1. The Balaban J connectivity index is 1.62. The number of para-hydroxylation sites is 2. The number of ether oxygens (including phenoxy) is 1. The number of aromatic nitrogens is 1. The van der Waals surface area contributed by atoms with Gasteiger partial charge < -0.3 is 10.1 Å². The number of carbonyl (C=O) groups excluding carboxylic acids is 1. The Kier molecular flexibility index (Phi) is 6.45. The molecule has 0 spiro atoms. The van der Waals surface area contributed by atoms with Crippen molar-refractivity contribution in [1.82, 2.24) is 4.98 Å². The third kappa shape index (κ3) is 4.53. The highest BCUT2D eigenvalue weighted by atomic mass is 35.5. The van der Waals surface area contributed by atoms with E-state index in [1.807, 2.05) is 36.4 Å². The van der Waals surface area contributed by atoms with Gasteiger partial charge in [-0.25, -0.2) is 4.98 Å². The fourth-order valence-corrected chi connectivity index (χ4v) is 4.70. The summed E-state index contributed by atoms with van der Waals surface area (Å²) < 4.78 is 5.28. The first-order chi connectivity index (χ1) is 15.1. The molecule has 156 valence electrons. The minimum atomic E-state index is -0.186. The first-order valence-corrected chi connectivity index (χ1v) is 11.2. The molecule has 2 aromatic carbocycles. The lowest BCUT2D eigenvalue weighted by Crippen LogP contribution is -2.15. The van der Waals surface area contributed by atoms with Crippen molar-refractivity contribution in [2.75, 3.05) is 18.2 Å². The van der Waals surface area contributed by atoms with Gasteiger partial charge in [0.15, 0.2) is 0 Å². The fourth-order valence-electron chi connectivity index (χ4n) is 3.77. The van der Waals surface area contributed by atoms with E-state index in [4.69, 9.17) is 21.3 Å². The Bertz CT molecular complexity index is 1170. The number of rotatable bonds is 6. The van der Waals surface area contributed by atoms with Crippen LogP contribution in [0.2, 0.25) is 5.02 Å². The molecule has 31 heavy (non-hydrogen) atoms. The molecule has 0 aliphatic heterocycles. The smallest absolute Gasteiger partial charge is 0.234 e. The average Bonchev–Trinajstić information content (AvgIpc) is 3.26. The maximum atomic E-state index is 12.6.